The normalized spacial score (nSPS) is 14.0. The zero-order chi connectivity index (χ0) is 17.9. The first-order valence-corrected chi connectivity index (χ1v) is 10.9. The van der Waals surface area contributed by atoms with E-state index in [2.05, 4.69) is 6.92 Å². The Balaban J connectivity index is 3.05. The van der Waals surface area contributed by atoms with E-state index in [4.69, 9.17) is 0 Å². The second-order valence-corrected chi connectivity index (χ2v) is 7.54. The van der Waals surface area contributed by atoms with Crippen molar-refractivity contribution in [2.24, 2.45) is 0 Å². The molecule has 0 rings (SSSR count). The Morgan fingerprint density at radius 2 is 0.833 bits per heavy atom. The van der Waals surface area contributed by atoms with Crippen LogP contribution in [0.25, 0.3) is 0 Å². The quantitative estimate of drug-likeness (QED) is 0.151. The van der Waals surface area contributed by atoms with Crippen LogP contribution < -0.4 is 0 Å². The average molecular weight is 344 g/mol. The summed E-state index contributed by atoms with van der Waals surface area (Å²) < 4.78 is 0. The molecule has 0 aromatic heterocycles. The van der Waals surface area contributed by atoms with E-state index in [9.17, 15) is 10.4 Å². The minimum absolute atomic E-state index is 0.263. The summed E-state index contributed by atoms with van der Waals surface area (Å²) in [6, 6.07) is 0. The topological polar surface area (TPSA) is 43.3 Å². The van der Waals surface area contributed by atoms with Crippen LogP contribution in [0.4, 0.5) is 0 Å². The summed E-state index contributed by atoms with van der Waals surface area (Å²) in [7, 11) is 0. The van der Waals surface area contributed by atoms with Gasteiger partial charge in [0.25, 0.3) is 0 Å². The van der Waals surface area contributed by atoms with Crippen molar-refractivity contribution in [3.63, 3.8) is 0 Å². The Morgan fingerprint density at radius 3 is 1.12 bits per heavy atom. The fraction of sp³-hybridized carbons (Fsp3) is 1.00. The van der Waals surface area contributed by atoms with E-state index in [0.717, 1.165) is 12.8 Å². The van der Waals surface area contributed by atoms with E-state index in [0.29, 0.717) is 6.54 Å². The summed E-state index contributed by atoms with van der Waals surface area (Å²) >= 11 is 0. The van der Waals surface area contributed by atoms with Gasteiger partial charge < -0.3 is 5.21 Å². The van der Waals surface area contributed by atoms with Gasteiger partial charge in [-0.3, -0.25) is 0 Å². The zero-order valence-corrected chi connectivity index (χ0v) is 16.7. The highest BCUT2D eigenvalue weighted by Gasteiger charge is 2.08. The van der Waals surface area contributed by atoms with Crippen LogP contribution in [0.1, 0.15) is 123 Å². The number of nitrogens with zero attached hydrogens (tertiary/aromatic N) is 1. The van der Waals surface area contributed by atoms with Gasteiger partial charge in [-0.15, -0.1) is 0 Å². The van der Waals surface area contributed by atoms with Gasteiger partial charge in [0, 0.05) is 0 Å². The zero-order valence-electron chi connectivity index (χ0n) is 16.7. The molecule has 0 fully saturated rings. The maximum atomic E-state index is 11.3. The molecule has 1 N–H and O–H groups in total. The molecule has 0 bridgehead atoms. The smallest absolute Gasteiger partial charge is 0.108 e. The van der Waals surface area contributed by atoms with Crippen molar-refractivity contribution >= 4 is 0 Å². The lowest BCUT2D eigenvalue weighted by Gasteiger charge is -2.32. The average Bonchev–Trinajstić information content (AvgIpc) is 2.57. The van der Waals surface area contributed by atoms with Crippen molar-refractivity contribution < 1.29 is 10.0 Å². The minimum Gasteiger partial charge on any atom is -0.598 e. The monoisotopic (exact) mass is 343 g/mol. The third kappa shape index (κ3) is 18.2. The molecule has 0 saturated heterocycles. The van der Waals surface area contributed by atoms with Gasteiger partial charge in [-0.2, -0.15) is 0 Å². The van der Waals surface area contributed by atoms with Crippen LogP contribution >= 0.6 is 0 Å². The summed E-state index contributed by atoms with van der Waals surface area (Å²) in [5, 5.41) is 20.7. The van der Waals surface area contributed by atoms with Crippen LogP contribution in [0.5, 0.6) is 0 Å². The maximum absolute atomic E-state index is 11.3. The molecule has 0 radical (unpaired) electrons. The van der Waals surface area contributed by atoms with Gasteiger partial charge in [0.2, 0.25) is 0 Å². The Hall–Kier alpha value is -0.120. The molecule has 0 heterocycles. The first-order valence-electron chi connectivity index (χ1n) is 10.9. The molecule has 0 spiro atoms. The summed E-state index contributed by atoms with van der Waals surface area (Å²) in [6.07, 6.45) is 22.8. The lowest BCUT2D eigenvalue weighted by atomic mass is 10.0. The molecule has 24 heavy (non-hydrogen) atoms. The van der Waals surface area contributed by atoms with Crippen molar-refractivity contribution in [3.05, 3.63) is 5.21 Å². The second-order valence-electron chi connectivity index (χ2n) is 7.54. The van der Waals surface area contributed by atoms with Gasteiger partial charge in [-0.1, -0.05) is 103 Å². The molecule has 0 aliphatic rings. The molecule has 3 heteroatoms. The Morgan fingerprint density at radius 1 is 0.542 bits per heavy atom. The van der Waals surface area contributed by atoms with E-state index in [1.165, 1.54) is 96.3 Å². The van der Waals surface area contributed by atoms with E-state index in [1.54, 1.807) is 6.92 Å². The van der Waals surface area contributed by atoms with Gasteiger partial charge in [-0.25, -0.2) is 10.0 Å². The number of hydrogen-bond donors (Lipinski definition) is 1. The summed E-state index contributed by atoms with van der Waals surface area (Å²) in [6.45, 7) is 4.63. The van der Waals surface area contributed by atoms with E-state index < -0.39 is 4.81 Å². The van der Waals surface area contributed by atoms with Crippen molar-refractivity contribution in [3.8, 4) is 0 Å². The van der Waals surface area contributed by atoms with Gasteiger partial charge >= 0.3 is 0 Å². The first-order chi connectivity index (χ1) is 11.6. The standard InChI is InChI=1S/C21H45NO2/c1-3-5-6-7-8-9-10-11-12-13-14-15-16-17-18-19-20-21-22(23,24)4-2/h23H,3-21H2,1-2H3. The molecule has 1 unspecified atom stereocenters. The first kappa shape index (κ1) is 23.9. The second kappa shape index (κ2) is 17.7. The Labute approximate surface area is 152 Å². The molecule has 0 aromatic carbocycles. The molecular formula is C21H45NO2. The molecule has 3 nitrogen and oxygen atoms in total. The molecular weight excluding hydrogens is 298 g/mol. The predicted molar refractivity (Wildman–Crippen MR) is 105 cm³/mol. The number of quaternary nitrogens is 1. The Kier molecular flexibility index (Phi) is 17.6. The SMILES string of the molecule is CCCCCCCCCCCCCCCCCCC[N+]([O-])(O)CC. The van der Waals surface area contributed by atoms with Gasteiger partial charge in [0.05, 0.1) is 0 Å². The van der Waals surface area contributed by atoms with Crippen molar-refractivity contribution in [2.75, 3.05) is 13.1 Å². The van der Waals surface area contributed by atoms with Crippen LogP contribution in [0.2, 0.25) is 0 Å². The van der Waals surface area contributed by atoms with Crippen LogP contribution in [0.15, 0.2) is 0 Å². The molecule has 0 saturated carbocycles. The summed E-state index contributed by atoms with van der Waals surface area (Å²) in [4.78, 5) is -1.06. The highest BCUT2D eigenvalue weighted by Crippen LogP contribution is 2.14. The van der Waals surface area contributed by atoms with Crippen LogP contribution in [0, 0.1) is 5.21 Å². The third-order valence-corrected chi connectivity index (χ3v) is 5.11. The highest BCUT2D eigenvalue weighted by atomic mass is 16.8. The lowest BCUT2D eigenvalue weighted by Crippen LogP contribution is -2.38. The van der Waals surface area contributed by atoms with Crippen LogP contribution in [-0.2, 0) is 0 Å². The van der Waals surface area contributed by atoms with Gasteiger partial charge in [-0.05, 0) is 19.8 Å². The number of unbranched alkanes of at least 4 members (excludes halogenated alkanes) is 16. The number of hydroxylamine groups is 4. The van der Waals surface area contributed by atoms with Gasteiger partial charge in [0.15, 0.2) is 0 Å². The predicted octanol–water partition coefficient (Wildman–Crippen LogP) is 7.36. The van der Waals surface area contributed by atoms with Crippen molar-refractivity contribution in [1.29, 1.82) is 0 Å². The van der Waals surface area contributed by atoms with Gasteiger partial charge in [0.1, 0.15) is 13.1 Å². The molecule has 1 atom stereocenters. The molecule has 0 aliphatic carbocycles. The Bertz CT molecular complexity index is 244. The number of rotatable bonds is 19. The molecule has 0 amide bonds. The molecule has 0 aliphatic heterocycles. The van der Waals surface area contributed by atoms with Crippen LogP contribution in [-0.4, -0.2) is 23.1 Å². The van der Waals surface area contributed by atoms with E-state index in [-0.39, 0.29) is 6.54 Å². The number of hydrogen-bond acceptors (Lipinski definition) is 2. The maximum Gasteiger partial charge on any atom is 0.108 e. The van der Waals surface area contributed by atoms with Crippen molar-refractivity contribution in [2.45, 2.75) is 123 Å². The third-order valence-electron chi connectivity index (χ3n) is 5.11. The highest BCUT2D eigenvalue weighted by molar-refractivity contribution is 4.50. The lowest BCUT2D eigenvalue weighted by molar-refractivity contribution is -1.06. The fourth-order valence-corrected chi connectivity index (χ4v) is 3.24. The summed E-state index contributed by atoms with van der Waals surface area (Å²) in [5.74, 6) is 0. The summed E-state index contributed by atoms with van der Waals surface area (Å²) in [5.41, 5.74) is 0. The molecule has 0 aromatic rings. The van der Waals surface area contributed by atoms with E-state index in [1.807, 2.05) is 0 Å². The fourth-order valence-electron chi connectivity index (χ4n) is 3.24. The largest absolute Gasteiger partial charge is 0.598 e. The minimum atomic E-state index is -1.06. The van der Waals surface area contributed by atoms with Crippen molar-refractivity contribution in [1.82, 2.24) is 0 Å². The van der Waals surface area contributed by atoms with E-state index >= 15 is 0 Å². The van der Waals surface area contributed by atoms with Crippen LogP contribution in [0.3, 0.4) is 0 Å². The molecule has 146 valence electrons.